The summed E-state index contributed by atoms with van der Waals surface area (Å²) in [6.07, 6.45) is 4.53. The van der Waals surface area contributed by atoms with E-state index in [1.165, 1.54) is 24.3 Å². The van der Waals surface area contributed by atoms with Crippen molar-refractivity contribution in [3.8, 4) is 0 Å². The largest absolute Gasteiger partial charge is 0.287 e. The molecule has 0 bridgehead atoms. The average molecular weight is 383 g/mol. The van der Waals surface area contributed by atoms with Crippen molar-refractivity contribution in [1.29, 1.82) is 0 Å². The zero-order chi connectivity index (χ0) is 17.6. The third kappa shape index (κ3) is 5.55. The maximum absolute atomic E-state index is 5.02. The normalized spacial score (nSPS) is 21.7. The van der Waals surface area contributed by atoms with Crippen molar-refractivity contribution in [2.45, 2.75) is 74.1 Å². The fraction of sp³-hybridized carbons (Fsp3) is 0.800. The summed E-state index contributed by atoms with van der Waals surface area (Å²) in [5.74, 6) is 2.22. The molecule has 132 valence electrons. The van der Waals surface area contributed by atoms with Crippen LogP contribution in [-0.4, -0.2) is 16.9 Å². The van der Waals surface area contributed by atoms with Gasteiger partial charge in [-0.3, -0.25) is 4.99 Å². The highest BCUT2D eigenvalue weighted by atomic mass is 79.9. The predicted octanol–water partition coefficient (Wildman–Crippen LogP) is 6.65. The quantitative estimate of drug-likeness (QED) is 0.440. The first-order valence-corrected chi connectivity index (χ1v) is 10.1. The van der Waals surface area contributed by atoms with E-state index >= 15 is 0 Å². The number of nitrogens with zero attached hydrogens (tertiary/aromatic N) is 2. The molecule has 0 fully saturated rings. The van der Waals surface area contributed by atoms with Gasteiger partial charge in [0.1, 0.15) is 0 Å². The molecule has 0 amide bonds. The van der Waals surface area contributed by atoms with Crippen molar-refractivity contribution < 1.29 is 0 Å². The first-order valence-electron chi connectivity index (χ1n) is 9.35. The van der Waals surface area contributed by atoms with Crippen molar-refractivity contribution >= 4 is 26.3 Å². The first kappa shape index (κ1) is 20.6. The lowest BCUT2D eigenvalue weighted by Crippen LogP contribution is -2.21. The topological polar surface area (TPSA) is 24.7 Å². The molecule has 2 nitrogen and oxygen atoms in total. The van der Waals surface area contributed by atoms with Crippen LogP contribution in [0.1, 0.15) is 74.1 Å². The highest BCUT2D eigenvalue weighted by Crippen LogP contribution is 2.38. The zero-order valence-corrected chi connectivity index (χ0v) is 17.7. The number of aliphatic imine (C=N–C) groups is 2. The zero-order valence-electron chi connectivity index (χ0n) is 16.1. The Kier molecular flexibility index (Phi) is 8.74. The number of halogens is 1. The van der Waals surface area contributed by atoms with E-state index in [1.54, 1.807) is 5.57 Å². The van der Waals surface area contributed by atoms with Crippen molar-refractivity contribution in [1.82, 2.24) is 0 Å². The van der Waals surface area contributed by atoms with Gasteiger partial charge in [-0.1, -0.05) is 54.9 Å². The third-order valence-electron chi connectivity index (χ3n) is 4.77. The van der Waals surface area contributed by atoms with Crippen molar-refractivity contribution in [3.63, 3.8) is 0 Å². The lowest BCUT2D eigenvalue weighted by Gasteiger charge is -2.29. The molecular formula is C20H35BrN2. The fourth-order valence-electron chi connectivity index (χ4n) is 3.54. The molecule has 0 saturated carbocycles. The van der Waals surface area contributed by atoms with Crippen LogP contribution in [0.3, 0.4) is 0 Å². The van der Waals surface area contributed by atoms with E-state index in [2.05, 4.69) is 64.4 Å². The van der Waals surface area contributed by atoms with Crippen LogP contribution in [0.25, 0.3) is 0 Å². The van der Waals surface area contributed by atoms with Crippen LogP contribution in [0.15, 0.2) is 21.3 Å². The number of rotatable bonds is 7. The van der Waals surface area contributed by atoms with Gasteiger partial charge in [0.05, 0.1) is 16.0 Å². The molecule has 23 heavy (non-hydrogen) atoms. The monoisotopic (exact) mass is 382 g/mol. The molecule has 0 radical (unpaired) electrons. The van der Waals surface area contributed by atoms with Gasteiger partial charge in [-0.2, -0.15) is 0 Å². The summed E-state index contributed by atoms with van der Waals surface area (Å²) < 4.78 is 1.03. The van der Waals surface area contributed by atoms with Crippen molar-refractivity contribution in [2.24, 2.45) is 33.7 Å². The summed E-state index contributed by atoms with van der Waals surface area (Å²) in [7, 11) is 0. The average Bonchev–Trinajstić information content (AvgIpc) is 2.67. The fourth-order valence-corrected chi connectivity index (χ4v) is 3.71. The standard InChI is InChI=1S/C20H35BrN2/c1-8-10-15(7)18-16(13(3)4)11-12-22-19(14(5)6)20(18)23-17(21)9-2/h13-16H,8-12H2,1-7H3/b23-17+/t15?,16-/m0/s1. The molecule has 0 spiro atoms. The minimum absolute atomic E-state index is 0.417. The molecule has 1 aliphatic rings. The van der Waals surface area contributed by atoms with Crippen LogP contribution >= 0.6 is 15.9 Å². The Hall–Kier alpha value is -0.440. The van der Waals surface area contributed by atoms with Gasteiger partial charge in [0.25, 0.3) is 0 Å². The van der Waals surface area contributed by atoms with E-state index in [4.69, 9.17) is 9.98 Å². The van der Waals surface area contributed by atoms with Gasteiger partial charge in [-0.15, -0.1) is 0 Å². The van der Waals surface area contributed by atoms with Gasteiger partial charge in [0, 0.05) is 6.54 Å². The summed E-state index contributed by atoms with van der Waals surface area (Å²) in [5.41, 5.74) is 3.94. The lowest BCUT2D eigenvalue weighted by atomic mass is 9.77. The highest BCUT2D eigenvalue weighted by molar-refractivity contribution is 9.18. The predicted molar refractivity (Wildman–Crippen MR) is 108 cm³/mol. The Morgan fingerprint density at radius 1 is 1.22 bits per heavy atom. The maximum Gasteiger partial charge on any atom is 0.0849 e. The summed E-state index contributed by atoms with van der Waals surface area (Å²) in [6.45, 7) is 16.9. The molecule has 0 aliphatic carbocycles. The van der Waals surface area contributed by atoms with Gasteiger partial charge in [0.2, 0.25) is 0 Å². The van der Waals surface area contributed by atoms with E-state index in [1.807, 2.05) is 0 Å². The molecule has 1 rings (SSSR count). The smallest absolute Gasteiger partial charge is 0.0849 e. The lowest BCUT2D eigenvalue weighted by molar-refractivity contribution is 0.377. The van der Waals surface area contributed by atoms with Crippen LogP contribution in [0.5, 0.6) is 0 Å². The number of hydrogen-bond donors (Lipinski definition) is 0. The van der Waals surface area contributed by atoms with E-state index in [0.29, 0.717) is 23.7 Å². The van der Waals surface area contributed by atoms with E-state index in [0.717, 1.165) is 24.0 Å². The Morgan fingerprint density at radius 2 is 1.87 bits per heavy atom. The van der Waals surface area contributed by atoms with E-state index in [-0.39, 0.29) is 0 Å². The van der Waals surface area contributed by atoms with Gasteiger partial charge in [0.15, 0.2) is 0 Å². The second-order valence-corrected chi connectivity index (χ2v) is 8.31. The minimum Gasteiger partial charge on any atom is -0.287 e. The number of allylic oxidation sites excluding steroid dienone is 2. The number of hydrogen-bond acceptors (Lipinski definition) is 2. The Labute approximate surface area is 152 Å². The van der Waals surface area contributed by atoms with Crippen LogP contribution in [0.2, 0.25) is 0 Å². The van der Waals surface area contributed by atoms with E-state index < -0.39 is 0 Å². The molecule has 2 atom stereocenters. The summed E-state index contributed by atoms with van der Waals surface area (Å²) in [5, 5.41) is 0. The minimum atomic E-state index is 0.417. The van der Waals surface area contributed by atoms with Crippen LogP contribution < -0.4 is 0 Å². The second kappa shape index (κ2) is 9.76. The summed E-state index contributed by atoms with van der Waals surface area (Å²) in [6, 6.07) is 0. The Bertz CT molecular complexity index is 472. The maximum atomic E-state index is 5.02. The molecule has 0 N–H and O–H groups in total. The van der Waals surface area contributed by atoms with Crippen LogP contribution in [0, 0.1) is 23.7 Å². The molecule has 0 aromatic carbocycles. The van der Waals surface area contributed by atoms with Crippen LogP contribution in [0.4, 0.5) is 0 Å². The second-order valence-electron chi connectivity index (χ2n) is 7.40. The summed E-state index contributed by atoms with van der Waals surface area (Å²) >= 11 is 3.65. The van der Waals surface area contributed by atoms with Gasteiger partial charge in [-0.05, 0) is 64.4 Å². The molecule has 3 heteroatoms. The molecule has 1 unspecified atom stereocenters. The summed E-state index contributed by atoms with van der Waals surface area (Å²) in [4.78, 5) is 9.96. The molecule has 1 heterocycles. The van der Waals surface area contributed by atoms with E-state index in [9.17, 15) is 0 Å². The van der Waals surface area contributed by atoms with Gasteiger partial charge < -0.3 is 0 Å². The molecular weight excluding hydrogens is 348 g/mol. The SMILES string of the molecule is CCCC(C)C1=C(/N=C(/Br)CC)C(C(C)C)=NCC[C@H]1C(C)C. The van der Waals surface area contributed by atoms with Crippen molar-refractivity contribution in [3.05, 3.63) is 11.3 Å². The third-order valence-corrected chi connectivity index (χ3v) is 5.50. The molecule has 0 aromatic rings. The van der Waals surface area contributed by atoms with Gasteiger partial charge in [-0.25, -0.2) is 4.99 Å². The van der Waals surface area contributed by atoms with Crippen molar-refractivity contribution in [2.75, 3.05) is 6.54 Å². The Balaban J connectivity index is 3.56. The molecule has 0 aromatic heterocycles. The molecule has 1 aliphatic heterocycles. The highest BCUT2D eigenvalue weighted by Gasteiger charge is 2.30. The van der Waals surface area contributed by atoms with Gasteiger partial charge >= 0.3 is 0 Å². The molecule has 0 saturated heterocycles. The Morgan fingerprint density at radius 3 is 2.35 bits per heavy atom. The first-order chi connectivity index (χ1) is 10.8. The van der Waals surface area contributed by atoms with Crippen LogP contribution in [-0.2, 0) is 0 Å².